The van der Waals surface area contributed by atoms with Crippen LogP contribution in [0.15, 0.2) is 0 Å². The molecule has 0 spiro atoms. The van der Waals surface area contributed by atoms with Crippen LogP contribution in [0.5, 0.6) is 0 Å². The second kappa shape index (κ2) is 10.7. The summed E-state index contributed by atoms with van der Waals surface area (Å²) in [6.45, 7) is 14.1. The van der Waals surface area contributed by atoms with Crippen molar-refractivity contribution in [3.8, 4) is 0 Å². The molecule has 0 radical (unpaired) electrons. The van der Waals surface area contributed by atoms with Crippen LogP contribution < -0.4 is 11.1 Å². The maximum absolute atomic E-state index is 6.46. The third-order valence-corrected chi connectivity index (χ3v) is 7.89. The van der Waals surface area contributed by atoms with Gasteiger partial charge in [-0.2, -0.15) is 0 Å². The fraction of sp³-hybridized carbons (Fsp3) is 1.00. The van der Waals surface area contributed by atoms with Gasteiger partial charge in [-0.25, -0.2) is 0 Å². The van der Waals surface area contributed by atoms with E-state index in [4.69, 9.17) is 19.0 Å². The smallest absolute Gasteiger partial charge is 0.374 e. The van der Waals surface area contributed by atoms with Gasteiger partial charge in [0.15, 0.2) is 0 Å². The van der Waals surface area contributed by atoms with Crippen LogP contribution in [0.3, 0.4) is 0 Å². The summed E-state index contributed by atoms with van der Waals surface area (Å²) >= 11 is 0. The first-order chi connectivity index (χ1) is 10.6. The van der Waals surface area contributed by atoms with Crippen LogP contribution in [-0.2, 0) is 13.3 Å². The van der Waals surface area contributed by atoms with Gasteiger partial charge in [0.25, 0.3) is 0 Å². The van der Waals surface area contributed by atoms with Crippen molar-refractivity contribution < 1.29 is 13.3 Å². The summed E-state index contributed by atoms with van der Waals surface area (Å²) in [5.41, 5.74) is 6.71. The van der Waals surface area contributed by atoms with Gasteiger partial charge in [0, 0.05) is 51.5 Å². The van der Waals surface area contributed by atoms with Gasteiger partial charge >= 0.3 is 8.80 Å². The molecule has 1 saturated heterocycles. The highest BCUT2D eigenvalue weighted by atomic mass is 28.4. The fourth-order valence-corrected chi connectivity index (χ4v) is 6.29. The molecule has 7 heteroatoms. The Morgan fingerprint density at radius 1 is 1.00 bits per heavy atom. The number of nitrogens with one attached hydrogen (secondary N) is 1. The van der Waals surface area contributed by atoms with Crippen LogP contribution >= 0.6 is 0 Å². The van der Waals surface area contributed by atoms with Crippen LogP contribution in [0.2, 0.25) is 5.54 Å². The summed E-state index contributed by atoms with van der Waals surface area (Å²) in [4.78, 5) is 2.35. The standard InChI is InChI=1S/C15H35N3O3Si/c1-5-14(13-15(16)18-11-9-17-10-12-18)22(19-6-2,20-7-3)21-8-4/h14-15,17H,5-13,16H2,1-4H3. The van der Waals surface area contributed by atoms with Gasteiger partial charge in [-0.3, -0.25) is 4.90 Å². The molecule has 0 aromatic heterocycles. The van der Waals surface area contributed by atoms with Crippen LogP contribution in [0.4, 0.5) is 0 Å². The lowest BCUT2D eigenvalue weighted by Gasteiger charge is -2.39. The van der Waals surface area contributed by atoms with Crippen molar-refractivity contribution in [1.82, 2.24) is 10.2 Å². The second-order valence-electron chi connectivity index (χ2n) is 5.60. The molecule has 132 valence electrons. The quantitative estimate of drug-likeness (QED) is 0.557. The molecule has 1 aliphatic heterocycles. The van der Waals surface area contributed by atoms with Crippen LogP contribution in [0.1, 0.15) is 40.5 Å². The Bertz CT molecular complexity index is 274. The zero-order valence-corrected chi connectivity index (χ0v) is 15.8. The molecule has 2 unspecified atom stereocenters. The van der Waals surface area contributed by atoms with E-state index >= 15 is 0 Å². The van der Waals surface area contributed by atoms with Gasteiger partial charge in [-0.1, -0.05) is 6.92 Å². The molecule has 0 amide bonds. The maximum Gasteiger partial charge on any atom is 0.504 e. The Morgan fingerprint density at radius 2 is 1.50 bits per heavy atom. The lowest BCUT2D eigenvalue weighted by molar-refractivity contribution is 0.0536. The zero-order chi connectivity index (χ0) is 16.4. The minimum absolute atomic E-state index is 0.0419. The molecule has 1 aliphatic rings. The number of rotatable bonds is 11. The first kappa shape index (κ1) is 20.0. The van der Waals surface area contributed by atoms with Crippen LogP contribution in [0, 0.1) is 0 Å². The highest BCUT2D eigenvalue weighted by Crippen LogP contribution is 2.33. The highest BCUT2D eigenvalue weighted by molar-refractivity contribution is 6.62. The number of piperazine rings is 1. The number of hydrogen-bond acceptors (Lipinski definition) is 6. The van der Waals surface area contributed by atoms with Gasteiger partial charge in [0.2, 0.25) is 0 Å². The van der Waals surface area contributed by atoms with Gasteiger partial charge in [0.05, 0.1) is 6.17 Å². The van der Waals surface area contributed by atoms with Crippen molar-refractivity contribution in [1.29, 1.82) is 0 Å². The van der Waals surface area contributed by atoms with E-state index < -0.39 is 8.80 Å². The summed E-state index contributed by atoms with van der Waals surface area (Å²) in [7, 11) is -2.67. The predicted octanol–water partition coefficient (Wildman–Crippen LogP) is 1.40. The third-order valence-electron chi connectivity index (χ3n) is 4.18. The zero-order valence-electron chi connectivity index (χ0n) is 14.8. The Balaban J connectivity index is 2.77. The van der Waals surface area contributed by atoms with Crippen molar-refractivity contribution in [3.63, 3.8) is 0 Å². The molecular weight excluding hydrogens is 298 g/mol. The Labute approximate surface area is 137 Å². The predicted molar refractivity (Wildman–Crippen MR) is 91.7 cm³/mol. The molecule has 0 bridgehead atoms. The minimum atomic E-state index is -2.67. The van der Waals surface area contributed by atoms with Gasteiger partial charge in [-0.05, 0) is 33.6 Å². The van der Waals surface area contributed by atoms with E-state index in [2.05, 4.69) is 17.1 Å². The number of nitrogens with two attached hydrogens (primary N) is 1. The van der Waals surface area contributed by atoms with E-state index in [0.717, 1.165) is 39.0 Å². The molecule has 2 atom stereocenters. The van der Waals surface area contributed by atoms with E-state index in [-0.39, 0.29) is 11.7 Å². The topological polar surface area (TPSA) is 69.0 Å². The first-order valence-electron chi connectivity index (χ1n) is 8.75. The van der Waals surface area contributed by atoms with Crippen molar-refractivity contribution in [2.75, 3.05) is 46.0 Å². The van der Waals surface area contributed by atoms with E-state index in [9.17, 15) is 0 Å². The normalized spacial score (nSPS) is 20.0. The summed E-state index contributed by atoms with van der Waals surface area (Å²) in [5, 5.41) is 3.37. The fourth-order valence-electron chi connectivity index (χ4n) is 3.10. The molecule has 1 rings (SSSR count). The molecule has 0 aromatic carbocycles. The summed E-state index contributed by atoms with van der Waals surface area (Å²) in [5.74, 6) is 0. The largest absolute Gasteiger partial charge is 0.504 e. The van der Waals surface area contributed by atoms with E-state index in [1.165, 1.54) is 0 Å². The average Bonchev–Trinajstić information content (AvgIpc) is 2.53. The van der Waals surface area contributed by atoms with Crippen molar-refractivity contribution in [2.24, 2.45) is 5.73 Å². The third kappa shape index (κ3) is 5.56. The van der Waals surface area contributed by atoms with E-state index in [1.54, 1.807) is 0 Å². The SMILES string of the molecule is CCO[Si](OCC)(OCC)C(CC)CC(N)N1CCNCC1. The number of nitrogens with zero attached hydrogens (tertiary/aromatic N) is 1. The molecule has 0 aliphatic carbocycles. The number of hydrogen-bond donors (Lipinski definition) is 2. The van der Waals surface area contributed by atoms with Gasteiger partial charge in [0.1, 0.15) is 0 Å². The monoisotopic (exact) mass is 333 g/mol. The van der Waals surface area contributed by atoms with E-state index in [0.29, 0.717) is 19.8 Å². The lowest BCUT2D eigenvalue weighted by Crippen LogP contribution is -2.56. The first-order valence-corrected chi connectivity index (χ1v) is 10.6. The summed E-state index contributed by atoms with van der Waals surface area (Å²) in [6.07, 6.45) is 1.87. The maximum atomic E-state index is 6.46. The van der Waals surface area contributed by atoms with Crippen LogP contribution in [-0.4, -0.2) is 65.9 Å². The summed E-state index contributed by atoms with van der Waals surface area (Å²) < 4.78 is 18.2. The summed E-state index contributed by atoms with van der Waals surface area (Å²) in [6, 6.07) is 0. The lowest BCUT2D eigenvalue weighted by atomic mass is 10.2. The Hall–Kier alpha value is -0.0231. The van der Waals surface area contributed by atoms with Crippen molar-refractivity contribution >= 4 is 8.80 Å². The molecule has 1 fully saturated rings. The van der Waals surface area contributed by atoms with Gasteiger partial charge < -0.3 is 24.3 Å². The molecule has 0 aromatic rings. The molecule has 0 saturated carbocycles. The second-order valence-corrected chi connectivity index (χ2v) is 8.49. The molecule has 22 heavy (non-hydrogen) atoms. The molecule has 3 N–H and O–H groups in total. The van der Waals surface area contributed by atoms with Crippen LogP contribution in [0.25, 0.3) is 0 Å². The van der Waals surface area contributed by atoms with E-state index in [1.807, 2.05) is 20.8 Å². The highest BCUT2D eigenvalue weighted by Gasteiger charge is 2.48. The molecule has 1 heterocycles. The Morgan fingerprint density at radius 3 is 1.91 bits per heavy atom. The molecule has 6 nitrogen and oxygen atoms in total. The van der Waals surface area contributed by atoms with Crippen molar-refractivity contribution in [3.05, 3.63) is 0 Å². The minimum Gasteiger partial charge on any atom is -0.374 e. The average molecular weight is 334 g/mol. The van der Waals surface area contributed by atoms with Crippen molar-refractivity contribution in [2.45, 2.75) is 52.2 Å². The van der Waals surface area contributed by atoms with Gasteiger partial charge in [-0.15, -0.1) is 0 Å². The Kier molecular flexibility index (Phi) is 9.73. The molecular formula is C15H35N3O3Si.